The van der Waals surface area contributed by atoms with Gasteiger partial charge in [-0.1, -0.05) is 40.0 Å². The van der Waals surface area contributed by atoms with Crippen LogP contribution >= 0.6 is 0 Å². The number of ether oxygens (including phenoxy) is 6. The molecule has 0 aliphatic rings. The number of ketones is 3. The SMILES string of the molecule is CCCCC(OC(C)C)(C(=O)[O-])C(=O)COC(C)C.CCCCC(OC(C)C)(C(=O)[O-])C(=O)COC(C)C.CCCCC(OC(C)C)(C(=O)[O-])C(=O)COC(C)C.[Al+3]. The monoisotopic (exact) mass is 846 g/mol. The predicted octanol–water partition coefficient (Wildman–Crippen LogP) is 2.87. The van der Waals surface area contributed by atoms with Gasteiger partial charge in [0.1, 0.15) is 19.8 Å². The number of aliphatic carboxylic acids is 3. The van der Waals surface area contributed by atoms with Crippen LogP contribution in [-0.4, -0.2) is 126 Å². The second-order valence-electron chi connectivity index (χ2n) is 15.5. The van der Waals surface area contributed by atoms with Crippen LogP contribution in [0.4, 0.5) is 0 Å². The van der Waals surface area contributed by atoms with Crippen LogP contribution in [0, 0.1) is 0 Å². The summed E-state index contributed by atoms with van der Waals surface area (Å²) in [5.41, 5.74) is -5.67. The summed E-state index contributed by atoms with van der Waals surface area (Å²) in [5.74, 6) is -6.18. The van der Waals surface area contributed by atoms with Crippen molar-refractivity contribution in [3.8, 4) is 0 Å². The van der Waals surface area contributed by atoms with Gasteiger partial charge >= 0.3 is 17.4 Å². The summed E-state index contributed by atoms with van der Waals surface area (Å²) in [6.45, 7) is 25.8. The third-order valence-electron chi connectivity index (χ3n) is 7.94. The first-order valence-corrected chi connectivity index (χ1v) is 20.4. The molecule has 0 spiro atoms. The molecule has 15 nitrogen and oxygen atoms in total. The van der Waals surface area contributed by atoms with Crippen molar-refractivity contribution in [1.29, 1.82) is 0 Å². The summed E-state index contributed by atoms with van der Waals surface area (Å²) >= 11 is 0. The Kier molecular flexibility index (Phi) is 34.9. The molecule has 0 aromatic rings. The Labute approximate surface area is 359 Å². The number of carboxylic acids is 3. The fourth-order valence-electron chi connectivity index (χ4n) is 5.15. The van der Waals surface area contributed by atoms with Crippen molar-refractivity contribution in [2.24, 2.45) is 0 Å². The van der Waals surface area contributed by atoms with Gasteiger partial charge in [-0.05, 0) is 122 Å². The predicted molar refractivity (Wildman–Crippen MR) is 214 cm³/mol. The van der Waals surface area contributed by atoms with Gasteiger partial charge in [0, 0.05) is 0 Å². The van der Waals surface area contributed by atoms with E-state index in [4.69, 9.17) is 28.4 Å². The molecule has 58 heavy (non-hydrogen) atoms. The van der Waals surface area contributed by atoms with Crippen LogP contribution < -0.4 is 15.3 Å². The molecule has 0 saturated heterocycles. The van der Waals surface area contributed by atoms with Crippen LogP contribution in [0.1, 0.15) is 162 Å². The van der Waals surface area contributed by atoms with E-state index in [1.165, 1.54) is 0 Å². The molecule has 0 bridgehead atoms. The largest absolute Gasteiger partial charge is 3.00 e. The molecule has 0 aromatic heterocycles. The van der Waals surface area contributed by atoms with E-state index >= 15 is 0 Å². The summed E-state index contributed by atoms with van der Waals surface area (Å²) in [6, 6.07) is 0. The number of carbonyl (C=O) groups excluding carboxylic acids is 6. The van der Waals surface area contributed by atoms with Crippen molar-refractivity contribution in [3.63, 3.8) is 0 Å². The fourth-order valence-corrected chi connectivity index (χ4v) is 5.15. The van der Waals surface area contributed by atoms with Gasteiger partial charge in [0.25, 0.3) is 0 Å². The molecule has 0 amide bonds. The maximum absolute atomic E-state index is 12.2. The fraction of sp³-hybridized carbons (Fsp3) is 0.857. The van der Waals surface area contributed by atoms with E-state index in [2.05, 4.69) is 0 Å². The van der Waals surface area contributed by atoms with Gasteiger partial charge in [-0.15, -0.1) is 0 Å². The first-order valence-electron chi connectivity index (χ1n) is 20.4. The standard InChI is InChI=1S/3C14H26O5.Al/c3*1-6-7-8-14(13(16)17,19-11(4)5)12(15)9-18-10(2)3;/h3*10-11H,6-9H2,1-5H3,(H,16,17);/q;;;+3/p-3. The van der Waals surface area contributed by atoms with Crippen LogP contribution in [0.3, 0.4) is 0 Å². The summed E-state index contributed by atoms with van der Waals surface area (Å²) in [7, 11) is 0. The normalized spacial score (nSPS) is 14.4. The van der Waals surface area contributed by atoms with E-state index in [0.29, 0.717) is 19.3 Å². The molecule has 0 rings (SSSR count). The van der Waals surface area contributed by atoms with Crippen LogP contribution in [0.25, 0.3) is 0 Å². The number of rotatable bonds is 30. The van der Waals surface area contributed by atoms with E-state index in [-0.39, 0.29) is 93.1 Å². The van der Waals surface area contributed by atoms with Gasteiger partial charge in [0.15, 0.2) is 34.2 Å². The van der Waals surface area contributed by atoms with E-state index < -0.39 is 52.1 Å². The van der Waals surface area contributed by atoms with Crippen LogP contribution in [-0.2, 0) is 57.2 Å². The third kappa shape index (κ3) is 24.1. The Morgan fingerprint density at radius 1 is 0.397 bits per heavy atom. The Balaban J connectivity index is -0.000000374. The van der Waals surface area contributed by atoms with Crippen LogP contribution in [0.5, 0.6) is 0 Å². The molecule has 0 N–H and O–H groups in total. The molecule has 16 heteroatoms. The van der Waals surface area contributed by atoms with Gasteiger partial charge in [-0.2, -0.15) is 0 Å². The Hall–Kier alpha value is -2.29. The zero-order chi connectivity index (χ0) is 45.2. The van der Waals surface area contributed by atoms with Crippen molar-refractivity contribution >= 4 is 52.6 Å². The van der Waals surface area contributed by atoms with Crippen molar-refractivity contribution in [2.45, 2.75) is 215 Å². The molecule has 0 aliphatic heterocycles. The molecule has 0 aliphatic carbocycles. The zero-order valence-electron chi connectivity index (χ0n) is 38.2. The summed E-state index contributed by atoms with van der Waals surface area (Å²) < 4.78 is 31.8. The summed E-state index contributed by atoms with van der Waals surface area (Å²) in [6.07, 6.45) is 2.83. The first kappa shape index (κ1) is 62.4. The molecular weight excluding hydrogens is 771 g/mol. The Morgan fingerprint density at radius 3 is 0.707 bits per heavy atom. The minimum atomic E-state index is -1.89. The average molecular weight is 847 g/mol. The van der Waals surface area contributed by atoms with E-state index in [9.17, 15) is 44.1 Å². The number of unbranched alkanes of at least 4 members (excludes halogenated alkanes) is 3. The molecule has 0 heterocycles. The van der Waals surface area contributed by atoms with Crippen LogP contribution in [0.15, 0.2) is 0 Å². The maximum Gasteiger partial charge on any atom is 3.00 e. The molecule has 0 aromatic carbocycles. The maximum atomic E-state index is 12.2. The van der Waals surface area contributed by atoms with Crippen molar-refractivity contribution in [1.82, 2.24) is 0 Å². The Morgan fingerprint density at radius 2 is 0.586 bits per heavy atom. The van der Waals surface area contributed by atoms with E-state index in [1.54, 1.807) is 83.1 Å². The molecule has 0 radical (unpaired) electrons. The minimum Gasteiger partial charge on any atom is -0.546 e. The first-order chi connectivity index (χ1) is 26.3. The number of hydrogen-bond donors (Lipinski definition) is 0. The second kappa shape index (κ2) is 32.5. The van der Waals surface area contributed by atoms with E-state index in [1.807, 2.05) is 20.8 Å². The summed E-state index contributed by atoms with van der Waals surface area (Å²) in [4.78, 5) is 70.9. The van der Waals surface area contributed by atoms with Crippen molar-refractivity contribution < 1.29 is 72.5 Å². The van der Waals surface area contributed by atoms with Crippen molar-refractivity contribution in [2.75, 3.05) is 19.8 Å². The topological polar surface area (TPSA) is 227 Å². The molecule has 0 fully saturated rings. The second-order valence-corrected chi connectivity index (χ2v) is 15.5. The van der Waals surface area contributed by atoms with Gasteiger partial charge in [0.05, 0.1) is 54.5 Å². The molecule has 336 valence electrons. The van der Waals surface area contributed by atoms with Gasteiger partial charge in [-0.25, -0.2) is 0 Å². The number of carboxylic acid groups (broad SMARTS) is 3. The van der Waals surface area contributed by atoms with E-state index in [0.717, 1.165) is 19.3 Å². The number of hydrogen-bond acceptors (Lipinski definition) is 15. The van der Waals surface area contributed by atoms with Gasteiger partial charge in [-0.3, -0.25) is 14.4 Å². The van der Waals surface area contributed by atoms with Crippen molar-refractivity contribution in [3.05, 3.63) is 0 Å². The van der Waals surface area contributed by atoms with Gasteiger partial charge in [0.2, 0.25) is 0 Å². The third-order valence-corrected chi connectivity index (χ3v) is 7.94. The minimum absolute atomic E-state index is 0. The average Bonchev–Trinajstić information content (AvgIpc) is 3.09. The molecular formula is C42H75AlO15. The van der Waals surface area contributed by atoms with Crippen LogP contribution in [0.2, 0.25) is 0 Å². The summed E-state index contributed by atoms with van der Waals surface area (Å²) in [5, 5.41) is 34.3. The molecule has 3 unspecified atom stereocenters. The molecule has 3 atom stereocenters. The van der Waals surface area contributed by atoms with Gasteiger partial charge < -0.3 is 58.1 Å². The zero-order valence-corrected chi connectivity index (χ0v) is 39.3. The smallest absolute Gasteiger partial charge is 0.546 e. The molecule has 0 saturated carbocycles. The number of Topliss-reactive ketones (excluding diaryl/α,β-unsaturated/α-hetero) is 3. The quantitative estimate of drug-likeness (QED) is 0.0748. The number of carbonyl (C=O) groups is 6. The Bertz CT molecular complexity index is 1040.